The number of ether oxygens (including phenoxy) is 1. The first-order valence-corrected chi connectivity index (χ1v) is 17.2. The van der Waals surface area contributed by atoms with E-state index in [1.807, 2.05) is 104 Å². The van der Waals surface area contributed by atoms with Crippen molar-refractivity contribution in [2.45, 2.75) is 17.1 Å². The van der Waals surface area contributed by atoms with Crippen LogP contribution < -0.4 is 20.7 Å². The third-order valence-electron chi connectivity index (χ3n) is 7.23. The van der Waals surface area contributed by atoms with E-state index >= 15 is 0 Å². The predicted molar refractivity (Wildman–Crippen MR) is 198 cm³/mol. The Morgan fingerprint density at radius 2 is 1.53 bits per heavy atom. The number of nitrogens with one attached hydrogen (secondary N) is 3. The fraction of sp³-hybridized carbons (Fsp3) is 0.0769. The molecule has 1 aromatic heterocycles. The molecule has 1 unspecified atom stereocenters. The van der Waals surface area contributed by atoms with Crippen molar-refractivity contribution < 1.29 is 19.1 Å². The summed E-state index contributed by atoms with van der Waals surface area (Å²) in [5.74, 6) is -0.369. The number of hydrogen-bond acceptors (Lipinski definition) is 7. The molecule has 0 saturated heterocycles. The van der Waals surface area contributed by atoms with Gasteiger partial charge in [0.1, 0.15) is 16.7 Å². The molecule has 5 aromatic carbocycles. The molecule has 244 valence electrons. The second-order valence-corrected chi connectivity index (χ2v) is 13.0. The zero-order valence-corrected chi connectivity index (χ0v) is 28.1. The number of anilines is 2. The van der Waals surface area contributed by atoms with Crippen molar-refractivity contribution in [2.75, 3.05) is 17.2 Å². The fourth-order valence-corrected chi connectivity index (χ4v) is 6.91. The number of nitrogens with zero attached hydrogens (tertiary/aromatic N) is 1. The van der Waals surface area contributed by atoms with Gasteiger partial charge in [0.05, 0.1) is 16.8 Å². The van der Waals surface area contributed by atoms with Crippen molar-refractivity contribution in [3.05, 3.63) is 156 Å². The summed E-state index contributed by atoms with van der Waals surface area (Å²) in [7, 11) is 0. The third-order valence-corrected chi connectivity index (χ3v) is 9.41. The van der Waals surface area contributed by atoms with Gasteiger partial charge in [-0.1, -0.05) is 96.3 Å². The summed E-state index contributed by atoms with van der Waals surface area (Å²) in [6.07, 6.45) is 1.63. The highest BCUT2D eigenvalue weighted by Crippen LogP contribution is 2.38. The van der Waals surface area contributed by atoms with Crippen LogP contribution in [0.15, 0.2) is 144 Å². The molecule has 0 fully saturated rings. The van der Waals surface area contributed by atoms with Gasteiger partial charge in [0.15, 0.2) is 5.13 Å². The number of fused-ring (bicyclic) bond motifs is 1. The first-order chi connectivity index (χ1) is 23.9. The van der Waals surface area contributed by atoms with Gasteiger partial charge in [0.25, 0.3) is 11.8 Å². The number of aromatic nitrogens is 1. The van der Waals surface area contributed by atoms with Gasteiger partial charge in [-0.05, 0) is 72.7 Å². The van der Waals surface area contributed by atoms with Crippen LogP contribution >= 0.6 is 23.1 Å². The Labute approximate surface area is 292 Å². The maximum atomic E-state index is 13.8. The SMILES string of the molecule is CCOc1ccc2nc(NC(=O)C(Sc3cccc(NC(=O)/C(=C/c4ccccc4)NC(=O)c4ccccc4)c3)c3ccccc3)sc2c1. The molecule has 0 bridgehead atoms. The monoisotopic (exact) mass is 684 g/mol. The Balaban J connectivity index is 1.21. The van der Waals surface area contributed by atoms with E-state index in [2.05, 4.69) is 20.9 Å². The molecule has 8 nitrogen and oxygen atoms in total. The Hall–Kier alpha value is -5.71. The Bertz CT molecular complexity index is 2100. The van der Waals surface area contributed by atoms with Crippen LogP contribution in [-0.4, -0.2) is 29.3 Å². The normalized spacial score (nSPS) is 11.8. The number of benzene rings is 5. The van der Waals surface area contributed by atoms with Crippen LogP contribution in [0.1, 0.15) is 33.7 Å². The van der Waals surface area contributed by atoms with E-state index in [1.165, 1.54) is 23.1 Å². The van der Waals surface area contributed by atoms with Crippen LogP contribution in [0.2, 0.25) is 0 Å². The average Bonchev–Trinajstić information content (AvgIpc) is 3.53. The molecule has 0 aliphatic heterocycles. The van der Waals surface area contributed by atoms with E-state index in [9.17, 15) is 14.4 Å². The largest absolute Gasteiger partial charge is 0.494 e. The lowest BCUT2D eigenvalue weighted by atomic mass is 10.1. The smallest absolute Gasteiger partial charge is 0.272 e. The zero-order chi connectivity index (χ0) is 34.0. The highest BCUT2D eigenvalue weighted by molar-refractivity contribution is 8.00. The molecule has 1 atom stereocenters. The molecule has 3 amide bonds. The van der Waals surface area contributed by atoms with Gasteiger partial charge in [-0.2, -0.15) is 0 Å². The molecule has 6 aromatic rings. The summed E-state index contributed by atoms with van der Waals surface area (Å²) >= 11 is 2.74. The molecule has 49 heavy (non-hydrogen) atoms. The van der Waals surface area contributed by atoms with Crippen molar-refractivity contribution >= 4 is 67.9 Å². The molecular weight excluding hydrogens is 653 g/mol. The third kappa shape index (κ3) is 8.81. The number of carbonyl (C=O) groups excluding carboxylic acids is 3. The molecule has 1 heterocycles. The van der Waals surface area contributed by atoms with E-state index < -0.39 is 17.1 Å². The molecule has 0 aliphatic rings. The second-order valence-electron chi connectivity index (χ2n) is 10.8. The summed E-state index contributed by atoms with van der Waals surface area (Å²) in [4.78, 5) is 45.8. The maximum absolute atomic E-state index is 13.8. The lowest BCUT2D eigenvalue weighted by Crippen LogP contribution is -2.30. The molecule has 0 radical (unpaired) electrons. The van der Waals surface area contributed by atoms with Gasteiger partial charge in [-0.15, -0.1) is 11.8 Å². The van der Waals surface area contributed by atoms with Crippen molar-refractivity contribution in [3.8, 4) is 5.75 Å². The van der Waals surface area contributed by atoms with Gasteiger partial charge >= 0.3 is 0 Å². The van der Waals surface area contributed by atoms with Crippen molar-refractivity contribution in [1.29, 1.82) is 0 Å². The summed E-state index contributed by atoms with van der Waals surface area (Å²) in [5, 5.41) is 8.57. The minimum Gasteiger partial charge on any atom is -0.494 e. The average molecular weight is 685 g/mol. The van der Waals surface area contributed by atoms with Gasteiger partial charge in [0, 0.05) is 16.1 Å². The highest BCUT2D eigenvalue weighted by Gasteiger charge is 2.24. The minimum absolute atomic E-state index is 0.0869. The van der Waals surface area contributed by atoms with Crippen LogP contribution in [0.25, 0.3) is 16.3 Å². The first-order valence-electron chi connectivity index (χ1n) is 15.6. The van der Waals surface area contributed by atoms with E-state index in [0.717, 1.165) is 32.0 Å². The maximum Gasteiger partial charge on any atom is 0.272 e. The van der Waals surface area contributed by atoms with E-state index in [-0.39, 0.29) is 11.6 Å². The zero-order valence-electron chi connectivity index (χ0n) is 26.5. The van der Waals surface area contributed by atoms with Crippen molar-refractivity contribution in [1.82, 2.24) is 10.3 Å². The lowest BCUT2D eigenvalue weighted by molar-refractivity contribution is -0.116. The Morgan fingerprint density at radius 3 is 2.27 bits per heavy atom. The number of carbonyl (C=O) groups is 3. The molecule has 0 aliphatic carbocycles. The van der Waals surface area contributed by atoms with Crippen molar-refractivity contribution in [3.63, 3.8) is 0 Å². The molecule has 3 N–H and O–H groups in total. The Morgan fingerprint density at radius 1 is 0.816 bits per heavy atom. The summed E-state index contributed by atoms with van der Waals surface area (Å²) < 4.78 is 6.53. The lowest BCUT2D eigenvalue weighted by Gasteiger charge is -2.17. The predicted octanol–water partition coefficient (Wildman–Crippen LogP) is 8.58. The molecular formula is C39H32N4O4S2. The quantitative estimate of drug-likeness (QED) is 0.0880. The van der Waals surface area contributed by atoms with Gasteiger partial charge < -0.3 is 20.7 Å². The summed E-state index contributed by atoms with van der Waals surface area (Å²) in [6, 6.07) is 40.4. The molecule has 6 rings (SSSR count). The summed E-state index contributed by atoms with van der Waals surface area (Å²) in [6.45, 7) is 2.49. The van der Waals surface area contributed by atoms with Crippen LogP contribution in [-0.2, 0) is 9.59 Å². The number of thioether (sulfide) groups is 1. The molecule has 10 heteroatoms. The standard InChI is InChI=1S/C39H32N4O4S2/c1-2-47-30-21-22-32-34(25-30)49-39(42-32)43-38(46)35(27-15-8-4-9-16-27)48-31-20-12-19-29(24-31)40-37(45)33(23-26-13-6-3-7-14-26)41-36(44)28-17-10-5-11-18-28/h3-25,35H,2H2,1H3,(H,40,45)(H,41,44)(H,42,43,46)/b33-23-. The first kappa shape index (κ1) is 33.2. The fourth-order valence-electron chi connectivity index (χ4n) is 4.93. The van der Waals surface area contributed by atoms with Gasteiger partial charge in [-0.3, -0.25) is 14.4 Å². The van der Waals surface area contributed by atoms with Crippen LogP contribution in [0, 0.1) is 0 Å². The number of rotatable bonds is 12. The highest BCUT2D eigenvalue weighted by atomic mass is 32.2. The number of thiazole rings is 1. The second kappa shape index (κ2) is 15.9. The van der Waals surface area contributed by atoms with Crippen LogP contribution in [0.4, 0.5) is 10.8 Å². The van der Waals surface area contributed by atoms with Crippen LogP contribution in [0.5, 0.6) is 5.75 Å². The number of amides is 3. The molecule has 0 saturated carbocycles. The van der Waals surface area contributed by atoms with E-state index in [4.69, 9.17) is 4.74 Å². The number of hydrogen-bond donors (Lipinski definition) is 3. The van der Waals surface area contributed by atoms with Crippen LogP contribution in [0.3, 0.4) is 0 Å². The minimum atomic E-state index is -0.614. The van der Waals surface area contributed by atoms with E-state index in [1.54, 1.807) is 42.5 Å². The summed E-state index contributed by atoms with van der Waals surface area (Å²) in [5.41, 5.74) is 3.37. The van der Waals surface area contributed by atoms with Gasteiger partial charge in [0.2, 0.25) is 5.91 Å². The topological polar surface area (TPSA) is 109 Å². The van der Waals surface area contributed by atoms with E-state index in [0.29, 0.717) is 23.0 Å². The molecule has 0 spiro atoms. The van der Waals surface area contributed by atoms with Crippen molar-refractivity contribution in [2.24, 2.45) is 0 Å². The Kier molecular flexibility index (Phi) is 10.8. The van der Waals surface area contributed by atoms with Gasteiger partial charge in [-0.25, -0.2) is 4.98 Å².